The highest BCUT2D eigenvalue weighted by Crippen LogP contribution is 2.27. The number of hydrogen-bond acceptors (Lipinski definition) is 3. The second kappa shape index (κ2) is 6.67. The zero-order valence-electron chi connectivity index (χ0n) is 12.1. The van der Waals surface area contributed by atoms with E-state index in [1.54, 1.807) is 17.0 Å². The van der Waals surface area contributed by atoms with Gasteiger partial charge in [0.05, 0.1) is 12.0 Å². The molecule has 1 aromatic carbocycles. The summed E-state index contributed by atoms with van der Waals surface area (Å²) in [6.45, 7) is 7.92. The molecule has 0 aliphatic carbocycles. The number of quaternary nitrogens is 2. The second-order valence-electron chi connectivity index (χ2n) is 5.53. The van der Waals surface area contributed by atoms with Gasteiger partial charge >= 0.3 is 5.69 Å². The highest BCUT2D eigenvalue weighted by atomic mass is 16.6. The minimum atomic E-state index is -0.381. The summed E-state index contributed by atoms with van der Waals surface area (Å²) >= 11 is 0. The molecule has 0 bridgehead atoms. The van der Waals surface area contributed by atoms with E-state index < -0.39 is 0 Å². The van der Waals surface area contributed by atoms with Crippen LogP contribution in [0.3, 0.4) is 0 Å². The molecule has 1 saturated heterocycles. The summed E-state index contributed by atoms with van der Waals surface area (Å²) < 4.78 is 5.61. The van der Waals surface area contributed by atoms with Gasteiger partial charge in [-0.05, 0) is 18.6 Å². The second-order valence-corrected chi connectivity index (χ2v) is 5.53. The molecule has 110 valence electrons. The molecule has 2 N–H and O–H groups in total. The van der Waals surface area contributed by atoms with E-state index in [9.17, 15) is 10.1 Å². The van der Waals surface area contributed by atoms with E-state index >= 15 is 0 Å². The van der Waals surface area contributed by atoms with Crippen molar-refractivity contribution in [3.63, 3.8) is 0 Å². The molecule has 2 rings (SSSR count). The maximum atomic E-state index is 11.0. The summed E-state index contributed by atoms with van der Waals surface area (Å²) in [5.74, 6) is 0.375. The number of nitro groups is 1. The summed E-state index contributed by atoms with van der Waals surface area (Å²) in [6.07, 6.45) is 0. The molecule has 0 unspecified atom stereocenters. The van der Waals surface area contributed by atoms with Crippen molar-refractivity contribution >= 4 is 5.69 Å². The highest BCUT2D eigenvalue weighted by Gasteiger charge is 2.20. The van der Waals surface area contributed by atoms with Gasteiger partial charge in [0.25, 0.3) is 0 Å². The minimum Gasteiger partial charge on any atom is -0.481 e. The van der Waals surface area contributed by atoms with E-state index in [0.29, 0.717) is 12.4 Å². The molecule has 20 heavy (non-hydrogen) atoms. The average molecular weight is 281 g/mol. The van der Waals surface area contributed by atoms with Gasteiger partial charge in [-0.1, -0.05) is 6.07 Å². The predicted octanol–water partition coefficient (Wildman–Crippen LogP) is -1.30. The number of benzene rings is 1. The summed E-state index contributed by atoms with van der Waals surface area (Å²) in [5, 5.41) is 11.0. The third kappa shape index (κ3) is 3.91. The lowest BCUT2D eigenvalue weighted by Crippen LogP contribution is -3.27. The zero-order chi connectivity index (χ0) is 14.5. The standard InChI is InChI=1S/C14H21N3O3/c1-12-3-4-14(13(11-12)17(18)19)20-10-9-16-7-5-15(2)6-8-16/h3-4,11H,5-10H2,1-2H3/p+2. The van der Waals surface area contributed by atoms with Crippen LogP contribution in [0.15, 0.2) is 18.2 Å². The van der Waals surface area contributed by atoms with Gasteiger partial charge in [-0.2, -0.15) is 0 Å². The van der Waals surface area contributed by atoms with Crippen molar-refractivity contribution in [1.82, 2.24) is 0 Å². The number of aryl methyl sites for hydroxylation is 1. The summed E-state index contributed by atoms with van der Waals surface area (Å²) in [4.78, 5) is 13.7. The van der Waals surface area contributed by atoms with Gasteiger partial charge in [0.1, 0.15) is 39.3 Å². The average Bonchev–Trinajstić information content (AvgIpc) is 2.42. The summed E-state index contributed by atoms with van der Waals surface area (Å²) in [5.41, 5.74) is 0.930. The maximum Gasteiger partial charge on any atom is 0.311 e. The number of piperazine rings is 1. The quantitative estimate of drug-likeness (QED) is 0.521. The Balaban J connectivity index is 1.86. The first kappa shape index (κ1) is 14.7. The van der Waals surface area contributed by atoms with Gasteiger partial charge < -0.3 is 14.5 Å². The summed E-state index contributed by atoms with van der Waals surface area (Å²) in [6, 6.07) is 5.09. The number of nitro benzene ring substituents is 1. The van der Waals surface area contributed by atoms with Crippen LogP contribution in [-0.4, -0.2) is 51.3 Å². The van der Waals surface area contributed by atoms with E-state index in [0.717, 1.165) is 25.2 Å². The first-order chi connectivity index (χ1) is 9.56. The van der Waals surface area contributed by atoms with Crippen LogP contribution in [0.25, 0.3) is 0 Å². The molecular formula is C14H23N3O3+2. The van der Waals surface area contributed by atoms with Crippen LogP contribution in [0.1, 0.15) is 5.56 Å². The van der Waals surface area contributed by atoms with Gasteiger partial charge in [0.2, 0.25) is 0 Å². The van der Waals surface area contributed by atoms with Crippen molar-refractivity contribution in [3.8, 4) is 5.75 Å². The fourth-order valence-corrected chi connectivity index (χ4v) is 2.48. The van der Waals surface area contributed by atoms with Crippen molar-refractivity contribution in [2.75, 3.05) is 46.4 Å². The monoisotopic (exact) mass is 281 g/mol. The Morgan fingerprint density at radius 2 is 2.00 bits per heavy atom. The van der Waals surface area contributed by atoms with Crippen molar-refractivity contribution in [1.29, 1.82) is 0 Å². The maximum absolute atomic E-state index is 11.0. The number of likely N-dealkylation sites (N-methyl/N-ethyl adjacent to an activating group) is 1. The highest BCUT2D eigenvalue weighted by molar-refractivity contribution is 5.48. The third-order valence-corrected chi connectivity index (χ3v) is 3.83. The Labute approximate surface area is 119 Å². The normalized spacial score (nSPS) is 22.5. The van der Waals surface area contributed by atoms with Crippen LogP contribution < -0.4 is 14.5 Å². The first-order valence-electron chi connectivity index (χ1n) is 7.09. The van der Waals surface area contributed by atoms with E-state index in [4.69, 9.17) is 4.74 Å². The molecule has 6 heteroatoms. The van der Waals surface area contributed by atoms with Crippen molar-refractivity contribution in [3.05, 3.63) is 33.9 Å². The zero-order valence-corrected chi connectivity index (χ0v) is 12.1. The lowest BCUT2D eigenvalue weighted by molar-refractivity contribution is -1.00. The molecule has 1 heterocycles. The Hall–Kier alpha value is -1.66. The van der Waals surface area contributed by atoms with Gasteiger partial charge in [-0.3, -0.25) is 10.1 Å². The van der Waals surface area contributed by atoms with E-state index in [2.05, 4.69) is 7.05 Å². The van der Waals surface area contributed by atoms with Gasteiger partial charge in [-0.25, -0.2) is 0 Å². The molecule has 0 radical (unpaired) electrons. The van der Waals surface area contributed by atoms with Gasteiger partial charge in [0, 0.05) is 6.07 Å². The number of nitrogens with one attached hydrogen (secondary N) is 2. The molecule has 1 aromatic rings. The summed E-state index contributed by atoms with van der Waals surface area (Å²) in [7, 11) is 2.21. The molecule has 1 aliphatic rings. The number of nitrogens with zero attached hydrogens (tertiary/aromatic N) is 1. The molecule has 0 aromatic heterocycles. The molecule has 0 amide bonds. The minimum absolute atomic E-state index is 0.0582. The Bertz CT molecular complexity index is 471. The Morgan fingerprint density at radius 1 is 1.30 bits per heavy atom. The number of ether oxygens (including phenoxy) is 1. The van der Waals surface area contributed by atoms with Crippen LogP contribution >= 0.6 is 0 Å². The molecule has 0 atom stereocenters. The Morgan fingerprint density at radius 3 is 2.65 bits per heavy atom. The first-order valence-corrected chi connectivity index (χ1v) is 7.09. The molecule has 0 saturated carbocycles. The van der Waals surface area contributed by atoms with Crippen LogP contribution in [0, 0.1) is 17.0 Å². The Kier molecular flexibility index (Phi) is 4.92. The number of rotatable bonds is 5. The van der Waals surface area contributed by atoms with Crippen LogP contribution in [0.5, 0.6) is 5.75 Å². The fraction of sp³-hybridized carbons (Fsp3) is 0.571. The third-order valence-electron chi connectivity index (χ3n) is 3.83. The molecule has 6 nitrogen and oxygen atoms in total. The molecule has 0 spiro atoms. The van der Waals surface area contributed by atoms with Gasteiger partial charge in [0.15, 0.2) is 5.75 Å². The van der Waals surface area contributed by atoms with Crippen molar-refractivity contribution in [2.24, 2.45) is 0 Å². The van der Waals surface area contributed by atoms with Gasteiger partial charge in [-0.15, -0.1) is 0 Å². The fourth-order valence-electron chi connectivity index (χ4n) is 2.48. The topological polar surface area (TPSA) is 61.2 Å². The van der Waals surface area contributed by atoms with Crippen molar-refractivity contribution < 1.29 is 19.5 Å². The van der Waals surface area contributed by atoms with Crippen LogP contribution in [0.2, 0.25) is 0 Å². The lowest BCUT2D eigenvalue weighted by atomic mass is 10.2. The lowest BCUT2D eigenvalue weighted by Gasteiger charge is -2.27. The van der Waals surface area contributed by atoms with E-state index in [1.807, 2.05) is 13.0 Å². The predicted molar refractivity (Wildman–Crippen MR) is 75.5 cm³/mol. The van der Waals surface area contributed by atoms with Crippen LogP contribution in [0.4, 0.5) is 5.69 Å². The molecular weight excluding hydrogens is 258 g/mol. The van der Waals surface area contributed by atoms with E-state index in [-0.39, 0.29) is 10.6 Å². The molecule has 1 fully saturated rings. The smallest absolute Gasteiger partial charge is 0.311 e. The largest absolute Gasteiger partial charge is 0.481 e. The SMILES string of the molecule is Cc1ccc(OCC[NH+]2CC[NH+](C)CC2)c([N+](=O)[O-])c1. The van der Waals surface area contributed by atoms with Crippen LogP contribution in [-0.2, 0) is 0 Å². The van der Waals surface area contributed by atoms with Crippen molar-refractivity contribution in [2.45, 2.75) is 6.92 Å². The van der Waals surface area contributed by atoms with E-state index in [1.165, 1.54) is 18.0 Å². The number of hydrogen-bond donors (Lipinski definition) is 2. The molecule has 1 aliphatic heterocycles.